The van der Waals surface area contributed by atoms with Crippen LogP contribution in [-0.4, -0.2) is 69.3 Å². The molecule has 1 aliphatic rings. The summed E-state index contributed by atoms with van der Waals surface area (Å²) in [5.74, 6) is -0.114. The van der Waals surface area contributed by atoms with Crippen molar-refractivity contribution in [3.05, 3.63) is 29.3 Å². The van der Waals surface area contributed by atoms with E-state index in [1.807, 2.05) is 6.92 Å². The smallest absolute Gasteiger partial charge is 0.246 e. The van der Waals surface area contributed by atoms with Crippen LogP contribution in [0.15, 0.2) is 23.5 Å². The van der Waals surface area contributed by atoms with E-state index in [1.165, 1.54) is 15.2 Å². The van der Waals surface area contributed by atoms with Crippen LogP contribution in [0.25, 0.3) is 0 Å². The summed E-state index contributed by atoms with van der Waals surface area (Å²) in [4.78, 5) is 14.2. The molecule has 2 aromatic heterocycles. The summed E-state index contributed by atoms with van der Waals surface area (Å²) in [5.41, 5.74) is 0.487. The number of aryl methyl sites for hydroxylation is 2. The lowest BCUT2D eigenvalue weighted by Crippen LogP contribution is -2.51. The molecule has 0 N–H and O–H groups in total. The van der Waals surface area contributed by atoms with Crippen molar-refractivity contribution in [1.82, 2.24) is 28.8 Å². The fourth-order valence-corrected chi connectivity index (χ4v) is 4.64. The van der Waals surface area contributed by atoms with Crippen molar-refractivity contribution in [2.45, 2.75) is 31.8 Å². The maximum Gasteiger partial charge on any atom is 0.246 e. The van der Waals surface area contributed by atoms with E-state index in [0.717, 1.165) is 0 Å². The van der Waals surface area contributed by atoms with Crippen LogP contribution >= 0.6 is 11.6 Å². The first-order valence-electron chi connectivity index (χ1n) is 8.31. The zero-order chi connectivity index (χ0) is 18.9. The molecule has 3 rings (SSSR count). The average Bonchev–Trinajstić information content (AvgIpc) is 3.20. The van der Waals surface area contributed by atoms with Gasteiger partial charge in [-0.2, -0.15) is 14.5 Å². The third-order valence-electron chi connectivity index (χ3n) is 4.33. The van der Waals surface area contributed by atoms with Crippen molar-refractivity contribution in [2.24, 2.45) is 0 Å². The highest BCUT2D eigenvalue weighted by Gasteiger charge is 2.32. The molecule has 1 amide bonds. The van der Waals surface area contributed by atoms with Crippen LogP contribution in [-0.2, 0) is 27.9 Å². The van der Waals surface area contributed by atoms with Crippen LogP contribution in [0.5, 0.6) is 0 Å². The van der Waals surface area contributed by atoms with E-state index in [1.54, 1.807) is 28.9 Å². The number of amides is 1. The minimum Gasteiger partial charge on any atom is -0.338 e. The van der Waals surface area contributed by atoms with Crippen LogP contribution in [0.1, 0.15) is 12.6 Å². The van der Waals surface area contributed by atoms with E-state index < -0.39 is 10.0 Å². The van der Waals surface area contributed by atoms with Gasteiger partial charge in [-0.1, -0.05) is 11.6 Å². The molecule has 0 aliphatic carbocycles. The van der Waals surface area contributed by atoms with Gasteiger partial charge in [0.05, 0.1) is 16.9 Å². The van der Waals surface area contributed by atoms with E-state index in [2.05, 4.69) is 10.2 Å². The summed E-state index contributed by atoms with van der Waals surface area (Å²) in [6, 6.07) is 0. The Bertz CT molecular complexity index is 898. The summed E-state index contributed by atoms with van der Waals surface area (Å²) in [7, 11) is -3.61. The quantitative estimate of drug-likeness (QED) is 0.732. The Labute approximate surface area is 157 Å². The second-order valence-corrected chi connectivity index (χ2v) is 8.42. The van der Waals surface area contributed by atoms with Crippen molar-refractivity contribution in [1.29, 1.82) is 0 Å². The van der Waals surface area contributed by atoms with Gasteiger partial charge < -0.3 is 4.90 Å². The number of sulfonamides is 1. The molecule has 3 heterocycles. The van der Waals surface area contributed by atoms with Gasteiger partial charge in [0.25, 0.3) is 0 Å². The predicted molar refractivity (Wildman–Crippen MR) is 95.2 cm³/mol. The molecule has 0 aromatic carbocycles. The van der Waals surface area contributed by atoms with E-state index in [0.29, 0.717) is 30.4 Å². The first-order valence-corrected chi connectivity index (χ1v) is 10.1. The van der Waals surface area contributed by atoms with Crippen LogP contribution in [0.3, 0.4) is 0 Å². The molecule has 1 saturated heterocycles. The lowest BCUT2D eigenvalue weighted by molar-refractivity contribution is -0.133. The molecule has 9 nitrogen and oxygen atoms in total. The number of hydrogen-bond donors (Lipinski definition) is 0. The molecule has 11 heteroatoms. The topological polar surface area (TPSA) is 93.3 Å². The second-order valence-electron chi connectivity index (χ2n) is 6.08. The Kier molecular flexibility index (Phi) is 5.35. The summed E-state index contributed by atoms with van der Waals surface area (Å²) in [5, 5.41) is 8.66. The Hall–Kier alpha value is -1.91. The fourth-order valence-electron chi connectivity index (χ4n) is 2.90. The lowest BCUT2D eigenvalue weighted by Gasteiger charge is -2.33. The van der Waals surface area contributed by atoms with Gasteiger partial charge in [0.15, 0.2) is 0 Å². The molecule has 0 spiro atoms. The normalized spacial score (nSPS) is 16.2. The number of nitrogens with zero attached hydrogens (tertiary/aromatic N) is 6. The first-order chi connectivity index (χ1) is 12.3. The summed E-state index contributed by atoms with van der Waals surface area (Å²) in [6.45, 7) is 5.48. The molecule has 0 bridgehead atoms. The molecule has 0 saturated carbocycles. The van der Waals surface area contributed by atoms with Gasteiger partial charge in [0.1, 0.15) is 11.4 Å². The SMILES string of the molecule is CCn1cc(S(=O)(=O)N2CCN(C(=O)Cn3cc(Cl)cn3)CC2)c(C)n1. The number of carbonyl (C=O) groups is 1. The maximum absolute atomic E-state index is 12.8. The third kappa shape index (κ3) is 3.76. The average molecular weight is 401 g/mol. The van der Waals surface area contributed by atoms with Gasteiger partial charge in [0.2, 0.25) is 15.9 Å². The minimum absolute atomic E-state index is 0.0852. The molecule has 1 fully saturated rings. The molecule has 0 unspecified atom stereocenters. The van der Waals surface area contributed by atoms with Gasteiger partial charge in [-0.3, -0.25) is 14.2 Å². The number of hydrogen-bond acceptors (Lipinski definition) is 5. The maximum atomic E-state index is 12.8. The molecular weight excluding hydrogens is 380 g/mol. The molecule has 26 heavy (non-hydrogen) atoms. The molecule has 142 valence electrons. The Morgan fingerprint density at radius 3 is 2.42 bits per heavy atom. The summed E-state index contributed by atoms with van der Waals surface area (Å²) in [6.07, 6.45) is 4.61. The number of halogens is 1. The Morgan fingerprint density at radius 1 is 1.19 bits per heavy atom. The van der Waals surface area contributed by atoms with Gasteiger partial charge >= 0.3 is 0 Å². The highest BCUT2D eigenvalue weighted by Crippen LogP contribution is 2.20. The van der Waals surface area contributed by atoms with Crippen molar-refractivity contribution < 1.29 is 13.2 Å². The lowest BCUT2D eigenvalue weighted by atomic mass is 10.3. The number of aromatic nitrogens is 4. The minimum atomic E-state index is -3.61. The molecule has 0 atom stereocenters. The van der Waals surface area contributed by atoms with Gasteiger partial charge in [-0.25, -0.2) is 8.42 Å². The number of carbonyl (C=O) groups excluding carboxylic acids is 1. The fraction of sp³-hybridized carbons (Fsp3) is 0.533. The highest BCUT2D eigenvalue weighted by atomic mass is 35.5. The van der Waals surface area contributed by atoms with Crippen LogP contribution < -0.4 is 0 Å². The van der Waals surface area contributed by atoms with E-state index >= 15 is 0 Å². The zero-order valence-corrected chi connectivity index (χ0v) is 16.2. The van der Waals surface area contributed by atoms with Crippen LogP contribution in [0.4, 0.5) is 0 Å². The molecule has 1 aliphatic heterocycles. The van der Waals surface area contributed by atoms with Crippen molar-refractivity contribution in [3.63, 3.8) is 0 Å². The molecule has 0 radical (unpaired) electrons. The van der Waals surface area contributed by atoms with Crippen molar-refractivity contribution in [2.75, 3.05) is 26.2 Å². The first kappa shape index (κ1) is 18.9. The second kappa shape index (κ2) is 7.37. The Morgan fingerprint density at radius 2 is 1.88 bits per heavy atom. The summed E-state index contributed by atoms with van der Waals surface area (Å²) < 4.78 is 30.2. The largest absolute Gasteiger partial charge is 0.338 e. The van der Waals surface area contributed by atoms with E-state index in [4.69, 9.17) is 11.6 Å². The van der Waals surface area contributed by atoms with Crippen LogP contribution in [0, 0.1) is 6.92 Å². The van der Waals surface area contributed by atoms with Crippen LogP contribution in [0.2, 0.25) is 5.02 Å². The van der Waals surface area contributed by atoms with Gasteiger partial charge in [-0.15, -0.1) is 0 Å². The number of piperazine rings is 1. The zero-order valence-electron chi connectivity index (χ0n) is 14.7. The summed E-state index contributed by atoms with van der Waals surface area (Å²) >= 11 is 5.79. The monoisotopic (exact) mass is 400 g/mol. The van der Waals surface area contributed by atoms with Crippen molar-refractivity contribution >= 4 is 27.5 Å². The van der Waals surface area contributed by atoms with E-state index in [-0.39, 0.29) is 30.4 Å². The van der Waals surface area contributed by atoms with Crippen molar-refractivity contribution in [3.8, 4) is 0 Å². The molecule has 2 aromatic rings. The molecular formula is C15H21ClN6O3S. The van der Waals surface area contributed by atoms with Gasteiger partial charge in [0, 0.05) is 45.1 Å². The Balaban J connectivity index is 1.63. The highest BCUT2D eigenvalue weighted by molar-refractivity contribution is 7.89. The number of rotatable bonds is 5. The standard InChI is InChI=1S/C15H21ClN6O3S/c1-3-20-10-14(12(2)18-20)26(24,25)22-6-4-19(5-7-22)15(23)11-21-9-13(16)8-17-21/h8-10H,3-7,11H2,1-2H3. The predicted octanol–water partition coefficient (Wildman–Crippen LogP) is 0.594. The van der Waals surface area contributed by atoms with Gasteiger partial charge in [-0.05, 0) is 13.8 Å². The third-order valence-corrected chi connectivity index (χ3v) is 6.53. The van der Waals surface area contributed by atoms with E-state index in [9.17, 15) is 13.2 Å².